The van der Waals surface area contributed by atoms with Gasteiger partial charge < -0.3 is 5.32 Å². The van der Waals surface area contributed by atoms with Crippen molar-refractivity contribution in [1.82, 2.24) is 5.32 Å². The minimum atomic E-state index is 0.717. The lowest BCUT2D eigenvalue weighted by atomic mass is 9.96. The molecule has 0 fully saturated rings. The molecule has 1 N–H and O–H groups in total. The van der Waals surface area contributed by atoms with Crippen LogP contribution >= 0.6 is 0 Å². The maximum absolute atomic E-state index is 3.69. The smallest absolute Gasteiger partial charge is 0.00670 e. The van der Waals surface area contributed by atoms with Crippen LogP contribution in [0.25, 0.3) is 0 Å². The average molecular weight is 261 g/mol. The van der Waals surface area contributed by atoms with Crippen LogP contribution in [0.3, 0.4) is 0 Å². The van der Waals surface area contributed by atoms with E-state index < -0.39 is 0 Å². The summed E-state index contributed by atoms with van der Waals surface area (Å²) in [6, 6.07) is 7.36. The molecular formula is C18H31N. The molecule has 0 bridgehead atoms. The molecule has 0 heterocycles. The highest BCUT2D eigenvalue weighted by atomic mass is 14.9. The van der Waals surface area contributed by atoms with Crippen LogP contribution in [-0.4, -0.2) is 12.6 Å². The van der Waals surface area contributed by atoms with Crippen molar-refractivity contribution in [2.75, 3.05) is 6.54 Å². The van der Waals surface area contributed by atoms with Gasteiger partial charge in [-0.15, -0.1) is 0 Å². The summed E-state index contributed by atoms with van der Waals surface area (Å²) in [5, 5.41) is 3.69. The van der Waals surface area contributed by atoms with Gasteiger partial charge in [0.15, 0.2) is 0 Å². The first-order valence-corrected chi connectivity index (χ1v) is 7.97. The first-order chi connectivity index (χ1) is 9.19. The Labute approximate surface area is 119 Å². The number of nitrogens with one attached hydrogen (secondary N) is 1. The molecule has 19 heavy (non-hydrogen) atoms. The van der Waals surface area contributed by atoms with Gasteiger partial charge in [0.1, 0.15) is 0 Å². The molecule has 0 spiro atoms. The number of aryl methyl sites for hydroxylation is 2. The normalized spacial score (nSPS) is 12.6. The molecule has 0 saturated heterocycles. The predicted molar refractivity (Wildman–Crippen MR) is 85.8 cm³/mol. The molecule has 0 aromatic heterocycles. The summed E-state index contributed by atoms with van der Waals surface area (Å²) in [5.41, 5.74) is 4.47. The molecule has 0 aliphatic rings. The van der Waals surface area contributed by atoms with Gasteiger partial charge in [0, 0.05) is 6.04 Å². The lowest BCUT2D eigenvalue weighted by molar-refractivity contribution is 0.437. The van der Waals surface area contributed by atoms with Crippen LogP contribution in [0.1, 0.15) is 62.6 Å². The van der Waals surface area contributed by atoms with Crippen LogP contribution in [0.5, 0.6) is 0 Å². The van der Waals surface area contributed by atoms with E-state index >= 15 is 0 Å². The van der Waals surface area contributed by atoms with Crippen LogP contribution in [0.2, 0.25) is 0 Å². The van der Waals surface area contributed by atoms with Gasteiger partial charge in [-0.25, -0.2) is 0 Å². The lowest BCUT2D eigenvalue weighted by Gasteiger charge is -2.18. The van der Waals surface area contributed by atoms with Crippen molar-refractivity contribution in [3.63, 3.8) is 0 Å². The van der Waals surface area contributed by atoms with Gasteiger partial charge in [-0.1, -0.05) is 38.5 Å². The monoisotopic (exact) mass is 261 g/mol. The van der Waals surface area contributed by atoms with Crippen molar-refractivity contribution in [3.8, 4) is 0 Å². The van der Waals surface area contributed by atoms with Gasteiger partial charge in [0.25, 0.3) is 0 Å². The molecule has 1 heteroatoms. The first kappa shape index (κ1) is 16.2. The Morgan fingerprint density at radius 3 is 2.26 bits per heavy atom. The van der Waals surface area contributed by atoms with Crippen LogP contribution in [0.15, 0.2) is 18.2 Å². The van der Waals surface area contributed by atoms with Crippen LogP contribution in [0.4, 0.5) is 0 Å². The zero-order valence-corrected chi connectivity index (χ0v) is 13.3. The van der Waals surface area contributed by atoms with E-state index in [1.54, 1.807) is 5.56 Å². The third kappa shape index (κ3) is 5.78. The van der Waals surface area contributed by atoms with Gasteiger partial charge in [-0.3, -0.25) is 0 Å². The number of hydrogen-bond acceptors (Lipinski definition) is 1. The molecule has 0 aliphatic carbocycles. The van der Waals surface area contributed by atoms with Gasteiger partial charge in [0.2, 0.25) is 0 Å². The summed E-state index contributed by atoms with van der Waals surface area (Å²) in [6.07, 6.45) is 7.66. The van der Waals surface area contributed by atoms with E-state index in [9.17, 15) is 0 Å². The highest BCUT2D eigenvalue weighted by Crippen LogP contribution is 2.17. The number of benzene rings is 1. The Morgan fingerprint density at radius 2 is 1.68 bits per heavy atom. The summed E-state index contributed by atoms with van der Waals surface area (Å²) in [7, 11) is 0. The van der Waals surface area contributed by atoms with Crippen molar-refractivity contribution in [3.05, 3.63) is 34.9 Å². The van der Waals surface area contributed by atoms with Gasteiger partial charge in [0.05, 0.1) is 0 Å². The minimum Gasteiger partial charge on any atom is -0.314 e. The maximum atomic E-state index is 3.69. The van der Waals surface area contributed by atoms with E-state index in [0.717, 1.165) is 6.54 Å². The Morgan fingerprint density at radius 1 is 1.00 bits per heavy atom. The Bertz CT molecular complexity index is 336. The van der Waals surface area contributed by atoms with Crippen molar-refractivity contribution >= 4 is 0 Å². The molecule has 0 aliphatic heterocycles. The molecule has 108 valence electrons. The highest BCUT2D eigenvalue weighted by molar-refractivity contribution is 5.33. The Kier molecular flexibility index (Phi) is 7.81. The van der Waals surface area contributed by atoms with E-state index in [1.165, 1.54) is 49.7 Å². The predicted octanol–water partition coefficient (Wildman–Crippen LogP) is 4.79. The third-order valence-electron chi connectivity index (χ3n) is 3.94. The molecule has 0 radical (unpaired) electrons. The zero-order chi connectivity index (χ0) is 14.1. The van der Waals surface area contributed by atoms with Gasteiger partial charge >= 0.3 is 0 Å². The summed E-state index contributed by atoms with van der Waals surface area (Å²) in [6.45, 7) is 10.2. The number of hydrogen-bond donors (Lipinski definition) is 1. The second-order valence-electron chi connectivity index (χ2n) is 5.70. The SMILES string of the molecule is CCCNC(CCC)CCCc1c(C)cccc1C. The number of rotatable bonds is 9. The molecule has 1 aromatic carbocycles. The molecule has 0 saturated carbocycles. The largest absolute Gasteiger partial charge is 0.314 e. The van der Waals surface area contributed by atoms with Gasteiger partial charge in [-0.2, -0.15) is 0 Å². The van der Waals surface area contributed by atoms with Crippen molar-refractivity contribution in [2.24, 2.45) is 0 Å². The minimum absolute atomic E-state index is 0.717. The van der Waals surface area contributed by atoms with E-state index in [1.807, 2.05) is 0 Å². The van der Waals surface area contributed by atoms with Crippen LogP contribution < -0.4 is 5.32 Å². The standard InChI is InChI=1S/C18H31N/c1-5-9-17(19-14-6-2)12-8-13-18-15(3)10-7-11-16(18)4/h7,10-11,17,19H,5-6,8-9,12-14H2,1-4H3. The van der Waals surface area contributed by atoms with E-state index in [-0.39, 0.29) is 0 Å². The van der Waals surface area contributed by atoms with E-state index in [4.69, 9.17) is 0 Å². The summed E-state index contributed by atoms with van der Waals surface area (Å²) in [5.74, 6) is 0. The topological polar surface area (TPSA) is 12.0 Å². The summed E-state index contributed by atoms with van der Waals surface area (Å²) >= 11 is 0. The van der Waals surface area contributed by atoms with Crippen LogP contribution in [-0.2, 0) is 6.42 Å². The van der Waals surface area contributed by atoms with Gasteiger partial charge in [-0.05, 0) is 69.2 Å². The molecule has 1 unspecified atom stereocenters. The molecule has 1 atom stereocenters. The van der Waals surface area contributed by atoms with E-state index in [0.29, 0.717) is 6.04 Å². The second-order valence-corrected chi connectivity index (χ2v) is 5.70. The first-order valence-electron chi connectivity index (χ1n) is 7.97. The fraction of sp³-hybridized carbons (Fsp3) is 0.667. The van der Waals surface area contributed by atoms with Crippen LogP contribution in [0, 0.1) is 13.8 Å². The molecule has 1 aromatic rings. The molecular weight excluding hydrogens is 230 g/mol. The summed E-state index contributed by atoms with van der Waals surface area (Å²) in [4.78, 5) is 0. The fourth-order valence-electron chi connectivity index (χ4n) is 2.81. The third-order valence-corrected chi connectivity index (χ3v) is 3.94. The average Bonchev–Trinajstić information content (AvgIpc) is 2.39. The Hall–Kier alpha value is -0.820. The van der Waals surface area contributed by atoms with E-state index in [2.05, 4.69) is 51.2 Å². The Balaban J connectivity index is 2.42. The molecule has 1 rings (SSSR count). The lowest BCUT2D eigenvalue weighted by Crippen LogP contribution is -2.29. The van der Waals surface area contributed by atoms with Crippen molar-refractivity contribution < 1.29 is 0 Å². The second kappa shape index (κ2) is 9.14. The highest BCUT2D eigenvalue weighted by Gasteiger charge is 2.08. The van der Waals surface area contributed by atoms with Crippen molar-refractivity contribution in [2.45, 2.75) is 72.3 Å². The molecule has 0 amide bonds. The molecule has 1 nitrogen and oxygen atoms in total. The quantitative estimate of drug-likeness (QED) is 0.673. The maximum Gasteiger partial charge on any atom is 0.00670 e. The van der Waals surface area contributed by atoms with Crippen molar-refractivity contribution in [1.29, 1.82) is 0 Å². The fourth-order valence-corrected chi connectivity index (χ4v) is 2.81. The zero-order valence-electron chi connectivity index (χ0n) is 13.3. The summed E-state index contributed by atoms with van der Waals surface area (Å²) < 4.78 is 0.